The van der Waals surface area contributed by atoms with E-state index in [-0.39, 0.29) is 23.3 Å². The molecule has 1 unspecified atom stereocenters. The average molecular weight is 361 g/mol. The third-order valence-corrected chi connectivity index (χ3v) is 5.01. The molecule has 2 aromatic carbocycles. The van der Waals surface area contributed by atoms with Crippen LogP contribution in [0.15, 0.2) is 76.4 Å². The maximum Gasteiger partial charge on any atom is 0.328 e. The van der Waals surface area contributed by atoms with Gasteiger partial charge in [0.05, 0.1) is 0 Å². The van der Waals surface area contributed by atoms with Crippen LogP contribution in [-0.2, 0) is 13.0 Å². The van der Waals surface area contributed by atoms with E-state index in [0.717, 1.165) is 19.3 Å². The predicted molar refractivity (Wildman–Crippen MR) is 106 cm³/mol. The highest BCUT2D eigenvalue weighted by atomic mass is 16.2. The summed E-state index contributed by atoms with van der Waals surface area (Å²) >= 11 is 0. The van der Waals surface area contributed by atoms with Gasteiger partial charge in [-0.15, -0.1) is 0 Å². The fraction of sp³-hybridized carbons (Fsp3) is 0.273. The van der Waals surface area contributed by atoms with Crippen molar-refractivity contribution in [2.24, 2.45) is 0 Å². The molecule has 2 N–H and O–H groups in total. The smallest absolute Gasteiger partial charge is 0.305 e. The van der Waals surface area contributed by atoms with Crippen molar-refractivity contribution in [2.45, 2.75) is 37.9 Å². The predicted octanol–water partition coefficient (Wildman–Crippen LogP) is 2.95. The number of benzene rings is 2. The first-order chi connectivity index (χ1) is 13.2. The summed E-state index contributed by atoms with van der Waals surface area (Å²) in [6, 6.07) is 20.8. The normalized spacial score (nSPS) is 14.8. The third-order valence-electron chi connectivity index (χ3n) is 5.01. The van der Waals surface area contributed by atoms with E-state index in [4.69, 9.17) is 0 Å². The molecular weight excluding hydrogens is 338 g/mol. The van der Waals surface area contributed by atoms with Gasteiger partial charge in [0.2, 0.25) is 0 Å². The van der Waals surface area contributed by atoms with Gasteiger partial charge >= 0.3 is 5.69 Å². The van der Waals surface area contributed by atoms with Gasteiger partial charge in [-0.1, -0.05) is 60.7 Å². The van der Waals surface area contributed by atoms with Crippen LogP contribution in [0.25, 0.3) is 0 Å². The van der Waals surface area contributed by atoms with Gasteiger partial charge < -0.3 is 5.32 Å². The SMILES string of the molecule is O=c1[nH]c(=O)n(C2CC2)cc1CNC(Cc1ccccc1)c1ccccc1. The fourth-order valence-corrected chi connectivity index (χ4v) is 3.35. The zero-order valence-electron chi connectivity index (χ0n) is 15.1. The maximum absolute atomic E-state index is 12.2. The van der Waals surface area contributed by atoms with Crippen LogP contribution < -0.4 is 16.6 Å². The Kier molecular flexibility index (Phi) is 5.03. The molecule has 1 aliphatic carbocycles. The Morgan fingerprint density at radius 3 is 2.33 bits per heavy atom. The quantitative estimate of drug-likeness (QED) is 0.680. The molecule has 3 aromatic rings. The lowest BCUT2D eigenvalue weighted by molar-refractivity contribution is 0.523. The lowest BCUT2D eigenvalue weighted by Gasteiger charge is -2.20. The van der Waals surface area contributed by atoms with Gasteiger partial charge in [-0.3, -0.25) is 14.3 Å². The second-order valence-electron chi connectivity index (χ2n) is 7.09. The molecule has 1 fully saturated rings. The van der Waals surface area contributed by atoms with Crippen molar-refractivity contribution in [3.63, 3.8) is 0 Å². The third kappa shape index (κ3) is 4.26. The van der Waals surface area contributed by atoms with Gasteiger partial charge in [-0.25, -0.2) is 4.79 Å². The summed E-state index contributed by atoms with van der Waals surface area (Å²) in [5, 5.41) is 3.51. The largest absolute Gasteiger partial charge is 0.328 e. The summed E-state index contributed by atoms with van der Waals surface area (Å²) in [6.45, 7) is 0.411. The van der Waals surface area contributed by atoms with E-state index in [9.17, 15) is 9.59 Å². The van der Waals surface area contributed by atoms with E-state index >= 15 is 0 Å². The molecule has 138 valence electrons. The first kappa shape index (κ1) is 17.5. The van der Waals surface area contributed by atoms with Gasteiger partial charge in [0.1, 0.15) is 0 Å². The number of H-pyrrole nitrogens is 1. The number of aromatic nitrogens is 2. The van der Waals surface area contributed by atoms with Crippen molar-refractivity contribution in [2.75, 3.05) is 0 Å². The molecule has 0 amide bonds. The summed E-state index contributed by atoms with van der Waals surface area (Å²) in [7, 11) is 0. The van der Waals surface area contributed by atoms with Crippen LogP contribution in [0.1, 0.15) is 41.6 Å². The van der Waals surface area contributed by atoms with Crippen molar-refractivity contribution in [1.29, 1.82) is 0 Å². The molecule has 4 rings (SSSR count). The molecule has 0 saturated heterocycles. The maximum atomic E-state index is 12.2. The number of nitrogens with zero attached hydrogens (tertiary/aromatic N) is 1. The van der Waals surface area contributed by atoms with Crippen molar-refractivity contribution < 1.29 is 0 Å². The van der Waals surface area contributed by atoms with E-state index in [2.05, 4.69) is 34.6 Å². The highest BCUT2D eigenvalue weighted by molar-refractivity contribution is 5.24. The summed E-state index contributed by atoms with van der Waals surface area (Å²) in [6.07, 6.45) is 4.54. The number of rotatable bonds is 7. The minimum Gasteiger partial charge on any atom is -0.305 e. The van der Waals surface area contributed by atoms with E-state index in [1.54, 1.807) is 10.8 Å². The number of nitrogens with one attached hydrogen (secondary N) is 2. The summed E-state index contributed by atoms with van der Waals surface area (Å²) in [5.41, 5.74) is 2.38. The second kappa shape index (κ2) is 7.76. The Labute approximate surface area is 157 Å². The lowest BCUT2D eigenvalue weighted by Crippen LogP contribution is -2.34. The van der Waals surface area contributed by atoms with Crippen molar-refractivity contribution >= 4 is 0 Å². The van der Waals surface area contributed by atoms with Crippen molar-refractivity contribution in [1.82, 2.24) is 14.9 Å². The highest BCUT2D eigenvalue weighted by Gasteiger charge is 2.25. The molecule has 5 nitrogen and oxygen atoms in total. The highest BCUT2D eigenvalue weighted by Crippen LogP contribution is 2.33. The molecule has 0 spiro atoms. The van der Waals surface area contributed by atoms with E-state index in [1.165, 1.54) is 11.1 Å². The van der Waals surface area contributed by atoms with Crippen molar-refractivity contribution in [3.8, 4) is 0 Å². The molecule has 0 bridgehead atoms. The Hall–Kier alpha value is -2.92. The van der Waals surface area contributed by atoms with Gasteiger partial charge in [0.25, 0.3) is 5.56 Å². The van der Waals surface area contributed by atoms with Crippen LogP contribution >= 0.6 is 0 Å². The summed E-state index contributed by atoms with van der Waals surface area (Å²) in [4.78, 5) is 26.6. The zero-order chi connectivity index (χ0) is 18.6. The molecule has 1 aromatic heterocycles. The van der Waals surface area contributed by atoms with E-state index < -0.39 is 0 Å². The molecule has 5 heteroatoms. The topological polar surface area (TPSA) is 66.9 Å². The second-order valence-corrected chi connectivity index (χ2v) is 7.09. The monoisotopic (exact) mass is 361 g/mol. The zero-order valence-corrected chi connectivity index (χ0v) is 15.1. The van der Waals surface area contributed by atoms with Crippen LogP contribution in [0, 0.1) is 0 Å². The number of hydrogen-bond acceptors (Lipinski definition) is 3. The summed E-state index contributed by atoms with van der Waals surface area (Å²) in [5.74, 6) is 0. The standard InChI is InChI=1S/C22H23N3O2/c26-21-18(15-25(19-11-12-19)22(27)24-21)14-23-20(17-9-5-2-6-10-17)13-16-7-3-1-4-8-16/h1-10,15,19-20,23H,11-14H2,(H,24,26,27). The number of aromatic amines is 1. The average Bonchev–Trinajstić information content (AvgIpc) is 3.53. The molecule has 1 aliphatic rings. The first-order valence-corrected chi connectivity index (χ1v) is 9.37. The minimum absolute atomic E-state index is 0.0781. The Bertz CT molecular complexity index is 1000. The van der Waals surface area contributed by atoms with Crippen LogP contribution in [0.2, 0.25) is 0 Å². The van der Waals surface area contributed by atoms with E-state index in [0.29, 0.717) is 12.1 Å². The van der Waals surface area contributed by atoms with Gasteiger partial charge in [0, 0.05) is 30.4 Å². The van der Waals surface area contributed by atoms with Crippen LogP contribution in [0.4, 0.5) is 0 Å². The molecule has 0 radical (unpaired) electrons. The lowest BCUT2D eigenvalue weighted by atomic mass is 9.98. The Balaban J connectivity index is 1.56. The summed E-state index contributed by atoms with van der Waals surface area (Å²) < 4.78 is 1.66. The molecule has 27 heavy (non-hydrogen) atoms. The van der Waals surface area contributed by atoms with Crippen LogP contribution in [0.5, 0.6) is 0 Å². The molecule has 0 aliphatic heterocycles. The van der Waals surface area contributed by atoms with Gasteiger partial charge in [-0.05, 0) is 30.4 Å². The number of hydrogen-bond donors (Lipinski definition) is 2. The van der Waals surface area contributed by atoms with Crippen molar-refractivity contribution in [3.05, 3.63) is 104 Å². The molecular formula is C22H23N3O2. The minimum atomic E-state index is -0.310. The van der Waals surface area contributed by atoms with Gasteiger partial charge in [0.15, 0.2) is 0 Å². The molecule has 1 heterocycles. The fourth-order valence-electron chi connectivity index (χ4n) is 3.35. The Morgan fingerprint density at radius 2 is 1.67 bits per heavy atom. The van der Waals surface area contributed by atoms with Crippen LogP contribution in [-0.4, -0.2) is 9.55 Å². The first-order valence-electron chi connectivity index (χ1n) is 9.37. The van der Waals surface area contributed by atoms with Gasteiger partial charge in [-0.2, -0.15) is 0 Å². The molecule has 1 atom stereocenters. The molecule has 1 saturated carbocycles. The van der Waals surface area contributed by atoms with Crippen LogP contribution in [0.3, 0.4) is 0 Å². The van der Waals surface area contributed by atoms with E-state index in [1.807, 2.05) is 36.4 Å². The Morgan fingerprint density at radius 1 is 1.00 bits per heavy atom.